The van der Waals surface area contributed by atoms with E-state index in [2.05, 4.69) is 160 Å². The summed E-state index contributed by atoms with van der Waals surface area (Å²) in [6.07, 6.45) is 0. The van der Waals surface area contributed by atoms with E-state index in [0.717, 1.165) is 0 Å². The average Bonchev–Trinajstić information content (AvgIpc) is 3.68. The molecule has 0 N–H and O–H groups in total. The van der Waals surface area contributed by atoms with Crippen molar-refractivity contribution in [1.29, 1.82) is 0 Å². The molecule has 0 heterocycles. The van der Waals surface area contributed by atoms with Crippen LogP contribution < -0.4 is 0 Å². The summed E-state index contributed by atoms with van der Waals surface area (Å²) in [5.74, 6) is 3.55. The molecule has 0 saturated carbocycles. The Morgan fingerprint density at radius 2 is 0.660 bits per heavy atom. The van der Waals surface area contributed by atoms with E-state index < -0.39 is 0 Å². The van der Waals surface area contributed by atoms with Crippen LogP contribution in [0.5, 0.6) is 0 Å². The summed E-state index contributed by atoms with van der Waals surface area (Å²) in [6.45, 7) is 46.7. The van der Waals surface area contributed by atoms with E-state index in [1.165, 1.54) is 66.8 Å². The van der Waals surface area contributed by atoms with Gasteiger partial charge in [0.15, 0.2) is 0 Å². The largest absolute Gasteiger partial charge is 0.214 e. The molecule has 0 amide bonds. The molecular formula is C49H66CrFeO2-2. The zero-order chi connectivity index (χ0) is 39.3. The fourth-order valence-corrected chi connectivity index (χ4v) is 6.72. The SMILES string of the molecule is CC(C)c1cc(C(C)C)c(-c2[c-]c(-c3c(C(C)C)cc(C(C)C)cc3C(C)C)c(C(C)C)cc2C(C)C)c(C(C)C)c1.[C-]#[O+].[C-]#[O+].[Cr].[Fe].c1cc[cH-]c1. The van der Waals surface area contributed by atoms with Gasteiger partial charge in [0.05, 0.1) is 0 Å². The van der Waals surface area contributed by atoms with Crippen LogP contribution in [0.4, 0.5) is 0 Å². The first-order chi connectivity index (χ1) is 24.0. The van der Waals surface area contributed by atoms with Gasteiger partial charge in [0, 0.05) is 34.4 Å². The first-order valence-corrected chi connectivity index (χ1v) is 19.0. The van der Waals surface area contributed by atoms with Gasteiger partial charge in [0.1, 0.15) is 0 Å². The fraction of sp³-hybridized carbons (Fsp3) is 0.490. The minimum absolute atomic E-state index is 0. The monoisotopic (exact) mass is 794 g/mol. The van der Waals surface area contributed by atoms with Gasteiger partial charge in [0.2, 0.25) is 0 Å². The van der Waals surface area contributed by atoms with E-state index in [9.17, 15) is 0 Å². The summed E-state index contributed by atoms with van der Waals surface area (Å²) >= 11 is 0. The Kier molecular flexibility index (Phi) is 24.7. The van der Waals surface area contributed by atoms with Crippen LogP contribution in [0.15, 0.2) is 60.7 Å². The van der Waals surface area contributed by atoms with Gasteiger partial charge in [-0.3, -0.25) is 0 Å². The van der Waals surface area contributed by atoms with Gasteiger partial charge in [0.25, 0.3) is 0 Å². The maximum Gasteiger partial charge on any atom is 0 e. The number of rotatable bonds is 10. The minimum atomic E-state index is 0. The molecular weight excluding hydrogens is 728 g/mol. The normalized spacial score (nSPS) is 10.8. The molecule has 2 nitrogen and oxygen atoms in total. The van der Waals surface area contributed by atoms with E-state index in [-0.39, 0.29) is 34.4 Å². The van der Waals surface area contributed by atoms with Crippen molar-refractivity contribution < 1.29 is 43.7 Å². The van der Waals surface area contributed by atoms with Gasteiger partial charge in [-0.15, -0.1) is 34.4 Å². The van der Waals surface area contributed by atoms with Crippen LogP contribution in [0.1, 0.15) is 203 Å². The Hall–Kier alpha value is -2.46. The Balaban J connectivity index is 0. The summed E-state index contributed by atoms with van der Waals surface area (Å²) in [5, 5.41) is 0. The van der Waals surface area contributed by atoms with E-state index in [0.29, 0.717) is 47.3 Å². The van der Waals surface area contributed by atoms with Crippen LogP contribution >= 0.6 is 0 Å². The molecule has 0 aromatic heterocycles. The van der Waals surface area contributed by atoms with Gasteiger partial charge >= 0.3 is 22.6 Å². The molecule has 0 bridgehead atoms. The number of hydrogen-bond acceptors (Lipinski definition) is 0. The topological polar surface area (TPSA) is 39.8 Å². The molecule has 4 rings (SSSR count). The molecule has 0 fully saturated rings. The second-order valence-electron chi connectivity index (χ2n) is 16.3. The zero-order valence-corrected chi connectivity index (χ0v) is 37.8. The van der Waals surface area contributed by atoms with E-state index in [4.69, 9.17) is 9.30 Å². The first-order valence-electron chi connectivity index (χ1n) is 19.0. The summed E-state index contributed by atoms with van der Waals surface area (Å²) in [7, 11) is 0. The van der Waals surface area contributed by atoms with Gasteiger partial charge in [-0.05, 0) is 58.5 Å². The minimum Gasteiger partial charge on any atom is -0.214 e. The molecule has 0 aliphatic rings. The van der Waals surface area contributed by atoms with Crippen LogP contribution in [-0.4, -0.2) is 0 Å². The van der Waals surface area contributed by atoms with Crippen LogP contribution in [-0.2, 0) is 43.7 Å². The molecule has 0 aliphatic heterocycles. The van der Waals surface area contributed by atoms with Gasteiger partial charge in [-0.2, -0.15) is 18.2 Å². The predicted octanol–water partition coefficient (Wildman–Crippen LogP) is 15.1. The third kappa shape index (κ3) is 13.7. The third-order valence-electron chi connectivity index (χ3n) is 9.70. The molecule has 0 unspecified atom stereocenters. The average molecular weight is 795 g/mol. The molecule has 4 aromatic carbocycles. The Bertz CT molecular complexity index is 1500. The quantitative estimate of drug-likeness (QED) is 0.0872. The van der Waals surface area contributed by atoms with Crippen molar-refractivity contribution in [3.8, 4) is 22.3 Å². The molecule has 0 saturated heterocycles. The third-order valence-corrected chi connectivity index (χ3v) is 9.70. The second-order valence-corrected chi connectivity index (χ2v) is 16.3. The maximum absolute atomic E-state index is 7.50. The standard InChI is InChI=1S/C42H61.C5H5.2CO.Cr.Fe/c1-23(2)31-17-35(27(9)10)41(36(18-31)28(11)12)39-22-40(34(26(7)8)21-33(39)25(5)6)42-37(29(13)14)19-32(24(3)4)20-38(42)30(15)16;1-2-4-5-3-1;2*1-2;;/h17-21,23-30H,1-16H3;1-5H;;;;/q2*-1;;;;. The van der Waals surface area contributed by atoms with Crippen LogP contribution in [0, 0.1) is 19.4 Å². The summed E-state index contributed by atoms with van der Waals surface area (Å²) in [6, 6.07) is 26.8. The molecule has 4 heteroatoms. The van der Waals surface area contributed by atoms with Crippen molar-refractivity contribution in [2.75, 3.05) is 0 Å². The first kappa shape index (κ1) is 52.6. The summed E-state index contributed by atoms with van der Waals surface area (Å²) < 4.78 is 15.0. The molecule has 290 valence electrons. The Morgan fingerprint density at radius 1 is 0.415 bits per heavy atom. The number of benzene rings is 3. The molecule has 4 aromatic rings. The smallest absolute Gasteiger partial charge is 0 e. The summed E-state index contributed by atoms with van der Waals surface area (Å²) in [5.41, 5.74) is 17.1. The van der Waals surface area contributed by atoms with E-state index in [1.807, 2.05) is 30.3 Å². The van der Waals surface area contributed by atoms with Crippen molar-refractivity contribution >= 4 is 0 Å². The molecule has 53 heavy (non-hydrogen) atoms. The van der Waals surface area contributed by atoms with Crippen molar-refractivity contribution in [2.24, 2.45) is 0 Å². The van der Waals surface area contributed by atoms with Crippen LogP contribution in [0.25, 0.3) is 22.3 Å². The van der Waals surface area contributed by atoms with Crippen LogP contribution in [0.2, 0.25) is 0 Å². The van der Waals surface area contributed by atoms with Gasteiger partial charge < -0.3 is 0 Å². The molecule has 0 aliphatic carbocycles. The molecule has 0 spiro atoms. The number of hydrogen-bond donors (Lipinski definition) is 0. The molecule has 0 radical (unpaired) electrons. The Morgan fingerprint density at radius 3 is 0.830 bits per heavy atom. The Labute approximate surface area is 346 Å². The van der Waals surface area contributed by atoms with Crippen molar-refractivity contribution in [3.05, 3.63) is 125 Å². The van der Waals surface area contributed by atoms with E-state index in [1.54, 1.807) is 0 Å². The maximum atomic E-state index is 7.50. The van der Waals surface area contributed by atoms with E-state index >= 15 is 0 Å². The van der Waals surface area contributed by atoms with Crippen molar-refractivity contribution in [3.63, 3.8) is 0 Å². The fourth-order valence-electron chi connectivity index (χ4n) is 6.72. The van der Waals surface area contributed by atoms with Gasteiger partial charge in [-0.1, -0.05) is 168 Å². The molecule has 0 atom stereocenters. The van der Waals surface area contributed by atoms with Crippen molar-refractivity contribution in [2.45, 2.75) is 158 Å². The predicted molar refractivity (Wildman–Crippen MR) is 219 cm³/mol. The zero-order valence-electron chi connectivity index (χ0n) is 35.5. The summed E-state index contributed by atoms with van der Waals surface area (Å²) in [4.78, 5) is 0. The van der Waals surface area contributed by atoms with Gasteiger partial charge in [-0.25, -0.2) is 12.1 Å². The van der Waals surface area contributed by atoms with Crippen molar-refractivity contribution in [1.82, 2.24) is 0 Å². The van der Waals surface area contributed by atoms with Crippen LogP contribution in [0.3, 0.4) is 0 Å². The second kappa shape index (κ2) is 24.8.